The monoisotopic (exact) mass is 384 g/mol. The van der Waals surface area contributed by atoms with Gasteiger partial charge in [0.05, 0.1) is 15.5 Å². The summed E-state index contributed by atoms with van der Waals surface area (Å²) in [7, 11) is -3.50. The van der Waals surface area contributed by atoms with Crippen LogP contribution < -0.4 is 0 Å². The van der Waals surface area contributed by atoms with E-state index >= 15 is 0 Å². The molecule has 1 aliphatic rings. The third-order valence-corrected chi connectivity index (χ3v) is 5.32. The number of carbonyl (C=O) groups excluding carboxylic acids is 1. The van der Waals surface area contributed by atoms with Crippen LogP contribution >= 0.6 is 11.6 Å². The number of esters is 1. The van der Waals surface area contributed by atoms with E-state index in [1.807, 2.05) is 0 Å². The molecule has 1 heterocycles. The summed E-state index contributed by atoms with van der Waals surface area (Å²) < 4.78 is 54.9. The Bertz CT molecular complexity index is 1030. The topological polar surface area (TPSA) is 60.4 Å². The molecule has 0 bridgehead atoms. The van der Waals surface area contributed by atoms with Gasteiger partial charge in [0.2, 0.25) is 0 Å². The number of cyclic esters (lactones) is 1. The largest absolute Gasteiger partial charge is 0.457 e. The van der Waals surface area contributed by atoms with Crippen LogP contribution in [0.4, 0.5) is 8.78 Å². The Balaban J connectivity index is 2.16. The van der Waals surface area contributed by atoms with Crippen molar-refractivity contribution in [1.82, 2.24) is 0 Å². The van der Waals surface area contributed by atoms with Crippen molar-refractivity contribution >= 4 is 38.6 Å². The van der Waals surface area contributed by atoms with E-state index in [2.05, 4.69) is 0 Å². The summed E-state index contributed by atoms with van der Waals surface area (Å²) in [6.07, 6.45) is 1.03. The second-order valence-electron chi connectivity index (χ2n) is 5.48. The molecule has 130 valence electrons. The minimum absolute atomic E-state index is 0.00325. The second kappa shape index (κ2) is 6.24. The molecule has 8 heteroatoms. The molecule has 0 saturated heterocycles. The summed E-state index contributed by atoms with van der Waals surface area (Å²) in [5.41, 5.74) is 1.13. The van der Waals surface area contributed by atoms with Crippen molar-refractivity contribution in [2.45, 2.75) is 4.90 Å². The summed E-state index contributed by atoms with van der Waals surface area (Å²) in [4.78, 5) is 12.0. The molecule has 0 fully saturated rings. The van der Waals surface area contributed by atoms with Crippen LogP contribution in [0.2, 0.25) is 5.02 Å². The molecule has 0 radical (unpaired) electrons. The average molecular weight is 385 g/mol. The standard InChI is InChI=1S/C17H11ClF2O4S/c1-25(22,23)15-5-3-9(6-12(15)18)11-8-24-17(21)16(11)10-2-4-13(19)14(20)7-10/h2-7H,8H2,1H3. The van der Waals surface area contributed by atoms with E-state index in [-0.39, 0.29) is 27.7 Å². The molecule has 1 aliphatic heterocycles. The highest BCUT2D eigenvalue weighted by Gasteiger charge is 2.28. The lowest BCUT2D eigenvalue weighted by atomic mass is 9.96. The van der Waals surface area contributed by atoms with E-state index < -0.39 is 27.4 Å². The first-order valence-electron chi connectivity index (χ1n) is 7.04. The number of hydrogen-bond donors (Lipinski definition) is 0. The van der Waals surface area contributed by atoms with E-state index in [1.54, 1.807) is 0 Å². The van der Waals surface area contributed by atoms with Crippen LogP contribution in [0.1, 0.15) is 11.1 Å². The average Bonchev–Trinajstić information content (AvgIpc) is 2.90. The van der Waals surface area contributed by atoms with E-state index in [4.69, 9.17) is 16.3 Å². The Morgan fingerprint density at radius 3 is 2.32 bits per heavy atom. The van der Waals surface area contributed by atoms with Gasteiger partial charge in [-0.15, -0.1) is 0 Å². The van der Waals surface area contributed by atoms with Gasteiger partial charge in [0.1, 0.15) is 6.61 Å². The summed E-state index contributed by atoms with van der Waals surface area (Å²) in [6, 6.07) is 7.30. The SMILES string of the molecule is CS(=O)(=O)c1ccc(C2=C(c3ccc(F)c(F)c3)C(=O)OC2)cc1Cl. The molecular weight excluding hydrogens is 374 g/mol. The Labute approximate surface area is 147 Å². The van der Waals surface area contributed by atoms with Gasteiger partial charge in [-0.1, -0.05) is 23.7 Å². The first-order valence-corrected chi connectivity index (χ1v) is 9.31. The molecule has 2 aromatic rings. The Hall–Kier alpha value is -2.25. The van der Waals surface area contributed by atoms with Gasteiger partial charge in [-0.3, -0.25) is 0 Å². The van der Waals surface area contributed by atoms with E-state index in [1.165, 1.54) is 24.3 Å². The van der Waals surface area contributed by atoms with Crippen molar-refractivity contribution in [2.75, 3.05) is 12.9 Å². The minimum atomic E-state index is -3.50. The zero-order valence-corrected chi connectivity index (χ0v) is 14.4. The number of sulfone groups is 1. The molecule has 0 saturated carbocycles. The third-order valence-electron chi connectivity index (χ3n) is 3.74. The smallest absolute Gasteiger partial charge is 0.339 e. The molecule has 0 atom stereocenters. The fourth-order valence-electron chi connectivity index (χ4n) is 2.57. The first kappa shape index (κ1) is 17.6. The van der Waals surface area contributed by atoms with Crippen LogP contribution in [-0.4, -0.2) is 27.2 Å². The van der Waals surface area contributed by atoms with Crippen molar-refractivity contribution in [1.29, 1.82) is 0 Å². The van der Waals surface area contributed by atoms with E-state index in [0.717, 1.165) is 18.4 Å². The van der Waals surface area contributed by atoms with Gasteiger partial charge >= 0.3 is 5.97 Å². The summed E-state index contributed by atoms with van der Waals surface area (Å²) in [5.74, 6) is -2.79. The Kier molecular flexibility index (Phi) is 4.38. The summed E-state index contributed by atoms with van der Waals surface area (Å²) >= 11 is 6.03. The summed E-state index contributed by atoms with van der Waals surface area (Å²) in [5, 5.41) is -0.00325. The van der Waals surface area contributed by atoms with Gasteiger partial charge in [-0.2, -0.15) is 0 Å². The van der Waals surface area contributed by atoms with Crippen molar-refractivity contribution in [3.8, 4) is 0 Å². The maximum Gasteiger partial charge on any atom is 0.339 e. The molecule has 0 spiro atoms. The quantitative estimate of drug-likeness (QED) is 0.760. The van der Waals surface area contributed by atoms with Crippen LogP contribution in [0.5, 0.6) is 0 Å². The number of benzene rings is 2. The highest BCUT2D eigenvalue weighted by molar-refractivity contribution is 7.90. The van der Waals surface area contributed by atoms with Crippen molar-refractivity contribution in [3.63, 3.8) is 0 Å². The van der Waals surface area contributed by atoms with Crippen LogP contribution in [-0.2, 0) is 19.4 Å². The summed E-state index contributed by atoms with van der Waals surface area (Å²) in [6.45, 7) is -0.0816. The molecule has 25 heavy (non-hydrogen) atoms. The van der Waals surface area contributed by atoms with Gasteiger partial charge in [0.15, 0.2) is 21.5 Å². The fourth-order valence-corrected chi connectivity index (χ4v) is 3.90. The van der Waals surface area contributed by atoms with Gasteiger partial charge in [-0.05, 0) is 35.4 Å². The lowest BCUT2D eigenvalue weighted by molar-refractivity contribution is -0.133. The van der Waals surface area contributed by atoms with Crippen LogP contribution in [0.15, 0.2) is 41.3 Å². The highest BCUT2D eigenvalue weighted by atomic mass is 35.5. The molecule has 0 unspecified atom stereocenters. The van der Waals surface area contributed by atoms with Crippen molar-refractivity contribution < 1.29 is 26.7 Å². The number of hydrogen-bond acceptors (Lipinski definition) is 4. The Morgan fingerprint density at radius 1 is 1.04 bits per heavy atom. The molecule has 0 aromatic heterocycles. The zero-order chi connectivity index (χ0) is 18.4. The number of rotatable bonds is 3. The first-order chi connectivity index (χ1) is 11.7. The van der Waals surface area contributed by atoms with Crippen molar-refractivity contribution in [3.05, 3.63) is 64.2 Å². The molecule has 3 rings (SSSR count). The van der Waals surface area contributed by atoms with Crippen molar-refractivity contribution in [2.24, 2.45) is 0 Å². The number of carbonyl (C=O) groups is 1. The third kappa shape index (κ3) is 3.29. The molecule has 2 aromatic carbocycles. The van der Waals surface area contributed by atoms with Gasteiger partial charge < -0.3 is 4.74 Å². The lowest BCUT2D eigenvalue weighted by Crippen LogP contribution is -2.00. The van der Waals surface area contributed by atoms with Crippen LogP contribution in [0.25, 0.3) is 11.1 Å². The van der Waals surface area contributed by atoms with Crippen LogP contribution in [0, 0.1) is 11.6 Å². The maximum atomic E-state index is 13.5. The molecular formula is C17H11ClF2O4S. The predicted octanol–water partition coefficient (Wildman–Crippen LogP) is 3.49. The van der Waals surface area contributed by atoms with E-state index in [0.29, 0.717) is 11.1 Å². The fraction of sp³-hybridized carbons (Fsp3) is 0.118. The van der Waals surface area contributed by atoms with Gasteiger partial charge in [-0.25, -0.2) is 22.0 Å². The molecule has 4 nitrogen and oxygen atoms in total. The van der Waals surface area contributed by atoms with Gasteiger partial charge in [0, 0.05) is 11.8 Å². The lowest BCUT2D eigenvalue weighted by Gasteiger charge is -2.08. The number of halogens is 3. The second-order valence-corrected chi connectivity index (χ2v) is 7.87. The predicted molar refractivity (Wildman–Crippen MR) is 88.7 cm³/mol. The maximum absolute atomic E-state index is 13.5. The van der Waals surface area contributed by atoms with Gasteiger partial charge in [0.25, 0.3) is 0 Å². The number of ether oxygens (including phenoxy) is 1. The molecule has 0 amide bonds. The zero-order valence-electron chi connectivity index (χ0n) is 12.8. The molecule has 0 aliphatic carbocycles. The highest BCUT2D eigenvalue weighted by Crippen LogP contribution is 2.35. The molecule has 0 N–H and O–H groups in total. The van der Waals surface area contributed by atoms with E-state index in [9.17, 15) is 22.0 Å². The normalized spacial score (nSPS) is 14.8. The Morgan fingerprint density at radius 2 is 1.72 bits per heavy atom. The minimum Gasteiger partial charge on any atom is -0.457 e. The van der Waals surface area contributed by atoms with Crippen LogP contribution in [0.3, 0.4) is 0 Å².